The van der Waals surface area contributed by atoms with Crippen LogP contribution in [0.3, 0.4) is 0 Å². The van der Waals surface area contributed by atoms with Gasteiger partial charge in [0.05, 0.1) is 77.4 Å². The Kier molecular flexibility index (Phi) is 36.3. The van der Waals surface area contributed by atoms with Crippen LogP contribution in [-0.4, -0.2) is 291 Å². The first kappa shape index (κ1) is 75.8. The van der Waals surface area contributed by atoms with Gasteiger partial charge in [-0.15, -0.1) is 0 Å². The van der Waals surface area contributed by atoms with E-state index in [1.165, 1.54) is 75.4 Å². The molecule has 0 bridgehead atoms. The third-order valence-electron chi connectivity index (χ3n) is 12.2. The van der Waals surface area contributed by atoms with Crippen LogP contribution in [0.4, 0.5) is 0 Å². The minimum Gasteiger partial charge on any atom is -0.465 e. The third kappa shape index (κ3) is 30.3. The van der Waals surface area contributed by atoms with Crippen LogP contribution in [0.5, 0.6) is 0 Å². The van der Waals surface area contributed by atoms with Crippen molar-refractivity contribution >= 4 is 104 Å². The lowest BCUT2D eigenvalue weighted by atomic mass is 10.0. The molecule has 0 fully saturated rings. The van der Waals surface area contributed by atoms with Crippen molar-refractivity contribution in [2.24, 2.45) is 11.8 Å². The third-order valence-corrected chi connectivity index (χ3v) is 15.1. The molecule has 11 amide bonds. The zero-order valence-electron chi connectivity index (χ0n) is 49.2. The zero-order valence-corrected chi connectivity index (χ0v) is 50.9. The molecular formula is C52H91N11O15S2. The molecule has 26 nitrogen and oxygen atoms in total. The van der Waals surface area contributed by atoms with E-state index in [4.69, 9.17) is 4.74 Å². The molecule has 2 atom stereocenters. The van der Waals surface area contributed by atoms with E-state index in [1.807, 2.05) is 6.92 Å². The van der Waals surface area contributed by atoms with Crippen molar-refractivity contribution in [2.45, 2.75) is 92.4 Å². The van der Waals surface area contributed by atoms with E-state index in [2.05, 4.69) is 5.32 Å². The normalized spacial score (nSPS) is 11.4. The molecule has 0 aromatic heterocycles. The van der Waals surface area contributed by atoms with Crippen molar-refractivity contribution in [3.05, 3.63) is 0 Å². The average Bonchev–Trinajstić information content (AvgIpc) is 3.36. The van der Waals surface area contributed by atoms with E-state index >= 15 is 0 Å². The van der Waals surface area contributed by atoms with E-state index in [0.29, 0.717) is 31.6 Å². The van der Waals surface area contributed by atoms with Crippen LogP contribution in [0.15, 0.2) is 0 Å². The van der Waals surface area contributed by atoms with Gasteiger partial charge >= 0.3 is 5.97 Å². The predicted molar refractivity (Wildman–Crippen MR) is 304 cm³/mol. The Balaban J connectivity index is 0. The first-order valence-electron chi connectivity index (χ1n) is 25.8. The number of esters is 1. The van der Waals surface area contributed by atoms with Crippen molar-refractivity contribution in [3.8, 4) is 0 Å². The standard InChI is InChI=1S/C51H87N11O15S2.CH4/c1-34(2)50(75)37(6)52-39(64)24-53(7)41(66)26-55(9)43(68)28-57(11)45(70)30-59(13)47(72)32-61(15)49(74)33-62(16)48(73)31-60(14)46(71)29-58(12)44(69)27-56(10)42(67)25-54(8)40(65)19-17-18-38(63)21-20-36(5)79-78-23-22-77-51(76)35(3)4;/h34-37H,17-33H2,1-16H3,(H,52,64);1H4/t36?,37-;/m0./s1. The Morgan fingerprint density at radius 2 is 0.700 bits per heavy atom. The van der Waals surface area contributed by atoms with Crippen LogP contribution in [0, 0.1) is 11.8 Å². The Labute approximate surface area is 481 Å². The Morgan fingerprint density at radius 1 is 0.400 bits per heavy atom. The first-order chi connectivity index (χ1) is 36.6. The van der Waals surface area contributed by atoms with Gasteiger partial charge < -0.3 is 59.1 Å². The van der Waals surface area contributed by atoms with Crippen LogP contribution in [0.1, 0.15) is 81.1 Å². The summed E-state index contributed by atoms with van der Waals surface area (Å²) in [5.41, 5.74) is 0. The second kappa shape index (κ2) is 38.3. The lowest BCUT2D eigenvalue weighted by molar-refractivity contribution is -0.146. The fraction of sp³-hybridized carbons (Fsp3) is 0.731. The van der Waals surface area contributed by atoms with Gasteiger partial charge in [-0.2, -0.15) is 0 Å². The molecule has 1 N–H and O–H groups in total. The summed E-state index contributed by atoms with van der Waals surface area (Å²) in [5.74, 6) is -6.58. The monoisotopic (exact) mass is 1170 g/mol. The summed E-state index contributed by atoms with van der Waals surface area (Å²) < 4.78 is 5.15. The Bertz CT molecular complexity index is 2170. The molecule has 0 aromatic rings. The number of ketones is 2. The van der Waals surface area contributed by atoms with Crippen molar-refractivity contribution < 1.29 is 71.9 Å². The maximum absolute atomic E-state index is 13.0. The lowest BCUT2D eigenvalue weighted by Crippen LogP contribution is -2.49. The molecule has 1 unspecified atom stereocenters. The highest BCUT2D eigenvalue weighted by atomic mass is 33.1. The minimum absolute atomic E-state index is 0. The molecule has 80 heavy (non-hydrogen) atoms. The number of carbonyl (C=O) groups excluding carboxylic acids is 14. The van der Waals surface area contributed by atoms with E-state index in [-0.39, 0.29) is 73.9 Å². The number of amides is 11. The number of Topliss-reactive ketones (excluding diaryl/α,β-unsaturated/α-hetero) is 2. The summed E-state index contributed by atoms with van der Waals surface area (Å²) in [6, 6.07) is -0.740. The second-order valence-corrected chi connectivity index (χ2v) is 23.3. The van der Waals surface area contributed by atoms with Crippen molar-refractivity contribution in [1.82, 2.24) is 54.3 Å². The van der Waals surface area contributed by atoms with E-state index in [1.54, 1.807) is 56.2 Å². The van der Waals surface area contributed by atoms with Crippen molar-refractivity contribution in [3.63, 3.8) is 0 Å². The van der Waals surface area contributed by atoms with Gasteiger partial charge in [-0.3, -0.25) is 67.1 Å². The largest absolute Gasteiger partial charge is 0.465 e. The highest BCUT2D eigenvalue weighted by Gasteiger charge is 2.27. The molecule has 28 heteroatoms. The molecule has 0 aliphatic heterocycles. The number of carbonyl (C=O) groups is 14. The highest BCUT2D eigenvalue weighted by molar-refractivity contribution is 8.76. The molecule has 0 rings (SSSR count). The fourth-order valence-corrected chi connectivity index (χ4v) is 8.71. The summed E-state index contributed by atoms with van der Waals surface area (Å²) in [6.45, 7) is 6.57. The van der Waals surface area contributed by atoms with Gasteiger partial charge in [0.15, 0.2) is 5.78 Å². The molecule has 0 aliphatic carbocycles. The van der Waals surface area contributed by atoms with Crippen molar-refractivity contribution in [1.29, 1.82) is 0 Å². The van der Waals surface area contributed by atoms with Gasteiger partial charge in [-0.25, -0.2) is 0 Å². The predicted octanol–water partition coefficient (Wildman–Crippen LogP) is -0.575. The number of nitrogens with zero attached hydrogens (tertiary/aromatic N) is 10. The van der Waals surface area contributed by atoms with Crippen LogP contribution < -0.4 is 5.32 Å². The molecule has 0 saturated carbocycles. The molecular weight excluding hydrogens is 1080 g/mol. The molecule has 456 valence electrons. The molecule has 0 heterocycles. The topological polar surface area (TPSA) is 293 Å². The quantitative estimate of drug-likeness (QED) is 0.0467. The van der Waals surface area contributed by atoms with Crippen LogP contribution in [0.2, 0.25) is 0 Å². The summed E-state index contributed by atoms with van der Waals surface area (Å²) in [5, 5.41) is 2.74. The van der Waals surface area contributed by atoms with Gasteiger partial charge in [0.25, 0.3) is 0 Å². The molecule has 0 aromatic carbocycles. The van der Waals surface area contributed by atoms with Crippen LogP contribution >= 0.6 is 21.6 Å². The van der Waals surface area contributed by atoms with E-state index in [0.717, 1.165) is 44.1 Å². The minimum atomic E-state index is -0.740. The number of rotatable bonds is 36. The van der Waals surface area contributed by atoms with Crippen LogP contribution in [-0.2, 0) is 71.9 Å². The molecule has 0 radical (unpaired) electrons. The van der Waals surface area contributed by atoms with E-state index in [9.17, 15) is 67.1 Å². The van der Waals surface area contributed by atoms with Gasteiger partial charge in [-0.05, 0) is 19.8 Å². The smallest absolute Gasteiger partial charge is 0.308 e. The first-order valence-corrected chi connectivity index (χ1v) is 28.2. The lowest BCUT2D eigenvalue weighted by Gasteiger charge is -2.27. The van der Waals surface area contributed by atoms with Gasteiger partial charge in [-0.1, -0.05) is 63.6 Å². The number of hydrogen-bond donors (Lipinski definition) is 1. The summed E-state index contributed by atoms with van der Waals surface area (Å²) in [7, 11) is 16.7. The molecule has 0 saturated heterocycles. The molecule has 0 spiro atoms. The van der Waals surface area contributed by atoms with E-state index < -0.39 is 117 Å². The molecule has 0 aliphatic rings. The summed E-state index contributed by atoms with van der Waals surface area (Å²) in [4.78, 5) is 188. The summed E-state index contributed by atoms with van der Waals surface area (Å²) in [6.07, 6.45) is 1.62. The second-order valence-electron chi connectivity index (χ2n) is 20.3. The number of likely N-dealkylation sites (N-methyl/N-ethyl adjacent to an activating group) is 10. The van der Waals surface area contributed by atoms with Gasteiger partial charge in [0.2, 0.25) is 65.0 Å². The Hall–Kier alpha value is -6.32. The van der Waals surface area contributed by atoms with Crippen LogP contribution in [0.25, 0.3) is 0 Å². The Morgan fingerprint density at radius 3 is 1.00 bits per heavy atom. The number of ether oxygens (including phenoxy) is 1. The fourth-order valence-electron chi connectivity index (χ4n) is 6.54. The highest BCUT2D eigenvalue weighted by Crippen LogP contribution is 2.29. The maximum Gasteiger partial charge on any atom is 0.308 e. The maximum atomic E-state index is 13.0. The number of hydrogen-bond acceptors (Lipinski definition) is 17. The van der Waals surface area contributed by atoms with Crippen molar-refractivity contribution in [2.75, 3.05) is 148 Å². The SMILES string of the molecule is C.CC(CCC(=O)CCCC(=O)N(C)CC(=O)N(C)CC(=O)N(C)CC(=O)N(C)CC(=O)N(C)CC(=O)N(C)CC(=O)N(C)CC(=O)N(C)CC(=O)N(C)CC(=O)N(C)CC(=O)N[C@@H](C)C(=O)C(C)C)SSCCOC(=O)C(C)C. The average molecular weight is 1170 g/mol. The van der Waals surface area contributed by atoms with Gasteiger partial charge in [0.1, 0.15) is 12.4 Å². The number of nitrogens with one attached hydrogen (secondary N) is 1. The van der Waals surface area contributed by atoms with Gasteiger partial charge in [0, 0.05) is 107 Å². The zero-order chi connectivity index (χ0) is 61.0. The summed E-state index contributed by atoms with van der Waals surface area (Å²) >= 11 is 0.